The fraction of sp³-hybridized carbons (Fsp3) is 0.500. The minimum Gasteiger partial charge on any atom is -0.394 e. The Hall–Kier alpha value is -3.38. The number of H-pyrrole nitrogens is 1. The Bertz CT molecular complexity index is 1160. The van der Waals surface area contributed by atoms with Gasteiger partial charge in [0.2, 0.25) is 11.8 Å². The lowest BCUT2D eigenvalue weighted by molar-refractivity contribution is -0.127. The highest BCUT2D eigenvalue weighted by atomic mass is 16.3. The molecule has 33 heavy (non-hydrogen) atoms. The van der Waals surface area contributed by atoms with Crippen LogP contribution in [0.1, 0.15) is 48.2 Å². The third-order valence-electron chi connectivity index (χ3n) is 7.33. The molecule has 0 radical (unpaired) electrons. The molecule has 3 aliphatic rings. The van der Waals surface area contributed by atoms with Crippen molar-refractivity contribution in [1.82, 2.24) is 20.5 Å². The number of rotatable bonds is 6. The van der Waals surface area contributed by atoms with E-state index < -0.39 is 12.1 Å². The first kappa shape index (κ1) is 21.5. The highest BCUT2D eigenvalue weighted by molar-refractivity contribution is 6.01. The maximum absolute atomic E-state index is 13.5. The third kappa shape index (κ3) is 3.95. The molecule has 3 heterocycles. The molecule has 0 unspecified atom stereocenters. The Labute approximate surface area is 191 Å². The van der Waals surface area contributed by atoms with Crippen LogP contribution in [0.2, 0.25) is 0 Å². The number of hydrogen-bond acceptors (Lipinski definition) is 5. The van der Waals surface area contributed by atoms with Crippen molar-refractivity contribution in [2.24, 2.45) is 11.3 Å². The number of nitrogens with one attached hydrogen (secondary N) is 3. The zero-order valence-corrected chi connectivity index (χ0v) is 18.3. The van der Waals surface area contributed by atoms with E-state index in [0.29, 0.717) is 49.1 Å². The summed E-state index contributed by atoms with van der Waals surface area (Å²) in [4.78, 5) is 43.3. The van der Waals surface area contributed by atoms with Crippen molar-refractivity contribution in [2.45, 2.75) is 44.2 Å². The van der Waals surface area contributed by atoms with Crippen molar-refractivity contribution in [3.63, 3.8) is 0 Å². The molecular formula is C24H27N5O4. The molecule has 172 valence electrons. The van der Waals surface area contributed by atoms with E-state index in [4.69, 9.17) is 0 Å². The topological polar surface area (TPSA) is 138 Å². The van der Waals surface area contributed by atoms with Gasteiger partial charge >= 0.3 is 0 Å². The molecule has 0 bridgehead atoms. The van der Waals surface area contributed by atoms with Crippen LogP contribution in [0.25, 0.3) is 10.9 Å². The van der Waals surface area contributed by atoms with Gasteiger partial charge in [-0.25, -0.2) is 0 Å². The maximum Gasteiger partial charge on any atom is 0.271 e. The van der Waals surface area contributed by atoms with Gasteiger partial charge in [-0.15, -0.1) is 0 Å². The number of hydrogen-bond donors (Lipinski definition) is 4. The zero-order valence-electron chi connectivity index (χ0n) is 18.3. The number of aliphatic hydroxyl groups is 1. The summed E-state index contributed by atoms with van der Waals surface area (Å²) in [5.74, 6) is -0.833. The third-order valence-corrected chi connectivity index (χ3v) is 7.33. The summed E-state index contributed by atoms with van der Waals surface area (Å²) in [5, 5.41) is 25.6. The van der Waals surface area contributed by atoms with Crippen LogP contribution in [-0.2, 0) is 9.59 Å². The molecule has 2 aromatic rings. The van der Waals surface area contributed by atoms with E-state index >= 15 is 0 Å². The van der Waals surface area contributed by atoms with Gasteiger partial charge in [0.25, 0.3) is 5.91 Å². The number of aromatic nitrogens is 1. The molecule has 1 aromatic carbocycles. The van der Waals surface area contributed by atoms with Gasteiger partial charge in [-0.2, -0.15) is 5.26 Å². The average molecular weight is 450 g/mol. The SMILES string of the molecule is N#Cc1cccc2cc(C(=O)N3CC4(CC4)C[C@H]3C(=O)N[C@H](CO)C[C@@H]3CCNC3=O)[nH]c12. The van der Waals surface area contributed by atoms with E-state index in [9.17, 15) is 24.8 Å². The molecule has 3 atom stereocenters. The highest BCUT2D eigenvalue weighted by Gasteiger charge is 2.55. The fourth-order valence-corrected chi connectivity index (χ4v) is 5.25. The Morgan fingerprint density at radius 1 is 1.36 bits per heavy atom. The van der Waals surface area contributed by atoms with E-state index in [1.165, 1.54) is 0 Å². The van der Waals surface area contributed by atoms with Gasteiger partial charge in [0.05, 0.1) is 23.7 Å². The minimum absolute atomic E-state index is 0.0124. The van der Waals surface area contributed by atoms with E-state index in [2.05, 4.69) is 21.7 Å². The van der Waals surface area contributed by atoms with Gasteiger partial charge in [-0.3, -0.25) is 14.4 Å². The summed E-state index contributed by atoms with van der Waals surface area (Å²) >= 11 is 0. The molecule has 1 aromatic heterocycles. The van der Waals surface area contributed by atoms with E-state index in [0.717, 1.165) is 18.2 Å². The van der Waals surface area contributed by atoms with Crippen LogP contribution < -0.4 is 10.6 Å². The Kier molecular flexibility index (Phi) is 5.33. The normalized spacial score (nSPS) is 24.0. The lowest BCUT2D eigenvalue weighted by atomic mass is 9.98. The van der Waals surface area contributed by atoms with Gasteiger partial charge in [0.1, 0.15) is 17.8 Å². The molecule has 1 aliphatic carbocycles. The van der Waals surface area contributed by atoms with Gasteiger partial charge in [-0.05, 0) is 49.7 Å². The van der Waals surface area contributed by atoms with Gasteiger partial charge < -0.3 is 25.6 Å². The average Bonchev–Trinajstić information content (AvgIpc) is 3.13. The Morgan fingerprint density at radius 2 is 2.18 bits per heavy atom. The molecule has 9 nitrogen and oxygen atoms in total. The van der Waals surface area contributed by atoms with Crippen molar-refractivity contribution in [3.05, 3.63) is 35.5 Å². The molecular weight excluding hydrogens is 422 g/mol. The van der Waals surface area contributed by atoms with Crippen LogP contribution in [0.15, 0.2) is 24.3 Å². The Morgan fingerprint density at radius 3 is 2.85 bits per heavy atom. The first-order valence-electron chi connectivity index (χ1n) is 11.4. The molecule has 2 saturated heterocycles. The van der Waals surface area contributed by atoms with Crippen LogP contribution in [0.4, 0.5) is 0 Å². The predicted molar refractivity (Wildman–Crippen MR) is 119 cm³/mol. The second-order valence-electron chi connectivity index (χ2n) is 9.62. The second-order valence-corrected chi connectivity index (χ2v) is 9.62. The number of carbonyl (C=O) groups is 3. The van der Waals surface area contributed by atoms with E-state index in [1.54, 1.807) is 23.1 Å². The number of nitriles is 1. The van der Waals surface area contributed by atoms with Gasteiger partial charge in [0.15, 0.2) is 0 Å². The van der Waals surface area contributed by atoms with Crippen LogP contribution in [0, 0.1) is 22.7 Å². The lowest BCUT2D eigenvalue weighted by Gasteiger charge is -2.26. The zero-order chi connectivity index (χ0) is 23.2. The van der Waals surface area contributed by atoms with E-state index in [-0.39, 0.29) is 35.7 Å². The summed E-state index contributed by atoms with van der Waals surface area (Å²) in [6, 6.07) is 7.99. The van der Waals surface area contributed by atoms with Crippen molar-refractivity contribution in [3.8, 4) is 6.07 Å². The van der Waals surface area contributed by atoms with Crippen molar-refractivity contribution < 1.29 is 19.5 Å². The van der Waals surface area contributed by atoms with Crippen LogP contribution in [0.5, 0.6) is 0 Å². The molecule has 2 aliphatic heterocycles. The quantitative estimate of drug-likeness (QED) is 0.522. The largest absolute Gasteiger partial charge is 0.394 e. The maximum atomic E-state index is 13.5. The Balaban J connectivity index is 1.34. The molecule has 3 fully saturated rings. The smallest absolute Gasteiger partial charge is 0.271 e. The number of nitrogens with zero attached hydrogens (tertiary/aromatic N) is 2. The molecule has 1 saturated carbocycles. The highest BCUT2D eigenvalue weighted by Crippen LogP contribution is 2.55. The fourth-order valence-electron chi connectivity index (χ4n) is 5.25. The molecule has 4 N–H and O–H groups in total. The number of likely N-dealkylation sites (tertiary alicyclic amines) is 1. The molecule has 5 rings (SSSR count). The monoisotopic (exact) mass is 449 g/mol. The van der Waals surface area contributed by atoms with Crippen molar-refractivity contribution in [1.29, 1.82) is 5.26 Å². The molecule has 9 heteroatoms. The number of amides is 3. The molecule has 3 amide bonds. The van der Waals surface area contributed by atoms with E-state index in [1.807, 2.05) is 6.07 Å². The predicted octanol–water partition coefficient (Wildman–Crippen LogP) is 1.04. The second kappa shape index (κ2) is 8.19. The standard InChI is InChI=1S/C24H27N5O4/c25-11-16-3-1-2-14-9-18(28-20(14)16)23(33)29-13-24(5-6-24)10-19(29)22(32)27-17(12-30)8-15-4-7-26-21(15)31/h1-3,9,15,17,19,28,30H,4-8,10,12-13H2,(H,26,31)(H,27,32)/t15-,17-,19-/m0/s1. The van der Waals surface area contributed by atoms with Crippen LogP contribution >= 0.6 is 0 Å². The number of aromatic amines is 1. The van der Waals surface area contributed by atoms with Crippen LogP contribution in [-0.4, -0.2) is 64.5 Å². The first-order valence-corrected chi connectivity index (χ1v) is 11.4. The van der Waals surface area contributed by atoms with Gasteiger partial charge in [0, 0.05) is 24.4 Å². The first-order chi connectivity index (χ1) is 15.9. The molecule has 1 spiro atoms. The number of para-hydroxylation sites is 1. The van der Waals surface area contributed by atoms with Crippen LogP contribution in [0.3, 0.4) is 0 Å². The van der Waals surface area contributed by atoms with Crippen molar-refractivity contribution in [2.75, 3.05) is 19.7 Å². The summed E-state index contributed by atoms with van der Waals surface area (Å²) < 4.78 is 0. The minimum atomic E-state index is -0.631. The summed E-state index contributed by atoms with van der Waals surface area (Å²) in [5.41, 5.74) is 1.41. The summed E-state index contributed by atoms with van der Waals surface area (Å²) in [7, 11) is 0. The summed E-state index contributed by atoms with van der Waals surface area (Å²) in [6.45, 7) is 0.862. The lowest BCUT2D eigenvalue weighted by Crippen LogP contribution is -2.50. The number of carbonyl (C=O) groups excluding carboxylic acids is 3. The number of benzene rings is 1. The van der Waals surface area contributed by atoms with Gasteiger partial charge in [-0.1, -0.05) is 12.1 Å². The number of fused-ring (bicyclic) bond motifs is 1. The summed E-state index contributed by atoms with van der Waals surface area (Å²) in [6.07, 6.45) is 3.62. The number of aliphatic hydroxyl groups excluding tert-OH is 1. The van der Waals surface area contributed by atoms with Crippen molar-refractivity contribution >= 4 is 28.6 Å².